The second kappa shape index (κ2) is 6.87. The Balaban J connectivity index is 2.05. The average molecular weight is 309 g/mol. The third kappa shape index (κ3) is 3.62. The summed E-state index contributed by atoms with van der Waals surface area (Å²) in [4.78, 5) is 23.0. The SMILES string of the molecule is COCCC1(C(=O)Nc2ccc(CC(=O)O)c(F)c2)CCC1. The van der Waals surface area contributed by atoms with E-state index in [0.717, 1.165) is 19.3 Å². The first-order valence-corrected chi connectivity index (χ1v) is 7.27. The van der Waals surface area contributed by atoms with Gasteiger partial charge in [-0.1, -0.05) is 12.5 Å². The van der Waals surface area contributed by atoms with Gasteiger partial charge in [-0.05, 0) is 37.0 Å². The molecule has 0 radical (unpaired) electrons. The van der Waals surface area contributed by atoms with E-state index in [1.807, 2.05) is 0 Å². The van der Waals surface area contributed by atoms with E-state index in [0.29, 0.717) is 18.7 Å². The molecule has 1 aromatic carbocycles. The molecule has 0 heterocycles. The molecule has 22 heavy (non-hydrogen) atoms. The van der Waals surface area contributed by atoms with E-state index in [4.69, 9.17) is 9.84 Å². The molecule has 0 spiro atoms. The van der Waals surface area contributed by atoms with E-state index in [1.165, 1.54) is 18.2 Å². The van der Waals surface area contributed by atoms with E-state index < -0.39 is 17.2 Å². The number of ether oxygens (including phenoxy) is 1. The van der Waals surface area contributed by atoms with Crippen LogP contribution in [-0.2, 0) is 20.7 Å². The number of carboxylic acid groups (broad SMARTS) is 1. The minimum Gasteiger partial charge on any atom is -0.481 e. The topological polar surface area (TPSA) is 75.6 Å². The lowest BCUT2D eigenvalue weighted by atomic mass is 9.66. The average Bonchev–Trinajstić information content (AvgIpc) is 2.40. The molecule has 2 rings (SSSR count). The largest absolute Gasteiger partial charge is 0.481 e. The molecule has 1 fully saturated rings. The molecule has 0 aliphatic heterocycles. The number of rotatable bonds is 7. The van der Waals surface area contributed by atoms with Crippen molar-refractivity contribution in [3.05, 3.63) is 29.6 Å². The standard InChI is InChI=1S/C16H20FNO4/c1-22-8-7-16(5-2-6-16)15(21)18-12-4-3-11(9-14(19)20)13(17)10-12/h3-4,10H,2,5-9H2,1H3,(H,18,21)(H,19,20). The number of aliphatic carboxylic acids is 1. The monoisotopic (exact) mass is 309 g/mol. The van der Waals surface area contributed by atoms with Gasteiger partial charge in [-0.25, -0.2) is 4.39 Å². The van der Waals surface area contributed by atoms with Crippen molar-refractivity contribution in [3.8, 4) is 0 Å². The predicted octanol–water partition coefficient (Wildman–Crippen LogP) is 2.60. The van der Waals surface area contributed by atoms with Gasteiger partial charge in [0.15, 0.2) is 0 Å². The summed E-state index contributed by atoms with van der Waals surface area (Å²) in [5.74, 6) is -1.84. The summed E-state index contributed by atoms with van der Waals surface area (Å²) in [6.07, 6.45) is 2.89. The molecule has 120 valence electrons. The maximum Gasteiger partial charge on any atom is 0.307 e. The number of carbonyl (C=O) groups is 2. The highest BCUT2D eigenvalue weighted by Gasteiger charge is 2.43. The van der Waals surface area contributed by atoms with E-state index in [1.54, 1.807) is 7.11 Å². The quantitative estimate of drug-likeness (QED) is 0.812. The lowest BCUT2D eigenvalue weighted by Crippen LogP contribution is -2.42. The lowest BCUT2D eigenvalue weighted by Gasteiger charge is -2.40. The Morgan fingerprint density at radius 2 is 2.14 bits per heavy atom. The molecule has 6 heteroatoms. The van der Waals surface area contributed by atoms with Crippen LogP contribution in [0.3, 0.4) is 0 Å². The van der Waals surface area contributed by atoms with Crippen molar-refractivity contribution in [2.75, 3.05) is 19.0 Å². The highest BCUT2D eigenvalue weighted by atomic mass is 19.1. The Bertz CT molecular complexity index is 569. The van der Waals surface area contributed by atoms with E-state index in [9.17, 15) is 14.0 Å². The van der Waals surface area contributed by atoms with Crippen LogP contribution in [0.4, 0.5) is 10.1 Å². The number of amides is 1. The van der Waals surface area contributed by atoms with Gasteiger partial charge in [0.25, 0.3) is 0 Å². The van der Waals surface area contributed by atoms with E-state index >= 15 is 0 Å². The van der Waals surface area contributed by atoms with Gasteiger partial charge in [0, 0.05) is 19.4 Å². The van der Waals surface area contributed by atoms with Gasteiger partial charge in [0.2, 0.25) is 5.91 Å². The summed E-state index contributed by atoms with van der Waals surface area (Å²) < 4.78 is 18.9. The summed E-state index contributed by atoms with van der Waals surface area (Å²) in [7, 11) is 1.60. The van der Waals surface area contributed by atoms with Crippen LogP contribution in [-0.4, -0.2) is 30.7 Å². The Labute approximate surface area is 128 Å². The number of carboxylic acids is 1. The number of benzene rings is 1. The van der Waals surface area contributed by atoms with Gasteiger partial charge < -0.3 is 15.2 Å². The van der Waals surface area contributed by atoms with Gasteiger partial charge >= 0.3 is 5.97 Å². The molecule has 0 bridgehead atoms. The van der Waals surface area contributed by atoms with Crippen LogP contribution in [0.2, 0.25) is 0 Å². The minimum atomic E-state index is -1.09. The zero-order valence-electron chi connectivity index (χ0n) is 12.5. The van der Waals surface area contributed by atoms with E-state index in [2.05, 4.69) is 5.32 Å². The highest BCUT2D eigenvalue weighted by Crippen LogP contribution is 2.44. The first-order chi connectivity index (χ1) is 10.5. The first-order valence-electron chi connectivity index (χ1n) is 7.27. The van der Waals surface area contributed by atoms with Gasteiger partial charge in [-0.3, -0.25) is 9.59 Å². The summed E-state index contributed by atoms with van der Waals surface area (Å²) >= 11 is 0. The second-order valence-corrected chi connectivity index (χ2v) is 5.71. The van der Waals surface area contributed by atoms with Crippen LogP contribution in [0.25, 0.3) is 0 Å². The second-order valence-electron chi connectivity index (χ2n) is 5.71. The highest BCUT2D eigenvalue weighted by molar-refractivity contribution is 5.96. The Morgan fingerprint density at radius 1 is 1.41 bits per heavy atom. The van der Waals surface area contributed by atoms with Crippen molar-refractivity contribution >= 4 is 17.6 Å². The van der Waals surface area contributed by atoms with Gasteiger partial charge in [-0.2, -0.15) is 0 Å². The van der Waals surface area contributed by atoms with Gasteiger partial charge in [0.1, 0.15) is 5.82 Å². The fourth-order valence-corrected chi connectivity index (χ4v) is 2.69. The number of carbonyl (C=O) groups excluding carboxylic acids is 1. The molecular weight excluding hydrogens is 289 g/mol. The number of nitrogens with one attached hydrogen (secondary N) is 1. The minimum absolute atomic E-state index is 0.100. The number of hydrogen-bond donors (Lipinski definition) is 2. The normalized spacial score (nSPS) is 15.9. The number of halogens is 1. The summed E-state index contributed by atoms with van der Waals surface area (Å²) in [5, 5.41) is 11.4. The van der Waals surface area contributed by atoms with Crippen molar-refractivity contribution in [3.63, 3.8) is 0 Å². The van der Waals surface area contributed by atoms with Crippen LogP contribution >= 0.6 is 0 Å². The molecule has 1 amide bonds. The third-order valence-electron chi connectivity index (χ3n) is 4.23. The van der Waals surface area contributed by atoms with Crippen molar-refractivity contribution < 1.29 is 23.8 Å². The number of methoxy groups -OCH3 is 1. The summed E-state index contributed by atoms with van der Waals surface area (Å²) in [6.45, 7) is 0.513. The van der Waals surface area contributed by atoms with Crippen molar-refractivity contribution in [2.24, 2.45) is 5.41 Å². The zero-order chi connectivity index (χ0) is 16.2. The van der Waals surface area contributed by atoms with Crippen LogP contribution < -0.4 is 5.32 Å². The van der Waals surface area contributed by atoms with Crippen LogP contribution in [0.15, 0.2) is 18.2 Å². The maximum absolute atomic E-state index is 13.8. The molecule has 0 aromatic heterocycles. The molecule has 5 nitrogen and oxygen atoms in total. The number of anilines is 1. The van der Waals surface area contributed by atoms with Crippen molar-refractivity contribution in [1.29, 1.82) is 0 Å². The van der Waals surface area contributed by atoms with Crippen molar-refractivity contribution in [1.82, 2.24) is 0 Å². The molecular formula is C16H20FNO4. The molecule has 1 aliphatic rings. The van der Waals surface area contributed by atoms with Gasteiger partial charge in [-0.15, -0.1) is 0 Å². The Morgan fingerprint density at radius 3 is 2.64 bits per heavy atom. The fourth-order valence-electron chi connectivity index (χ4n) is 2.69. The van der Waals surface area contributed by atoms with Crippen LogP contribution in [0.5, 0.6) is 0 Å². The lowest BCUT2D eigenvalue weighted by molar-refractivity contribution is -0.136. The fraction of sp³-hybridized carbons (Fsp3) is 0.500. The molecule has 0 atom stereocenters. The maximum atomic E-state index is 13.8. The summed E-state index contributed by atoms with van der Waals surface area (Å²) in [5.41, 5.74) is 0.0234. The Kier molecular flexibility index (Phi) is 5.13. The first kappa shape index (κ1) is 16.4. The summed E-state index contributed by atoms with van der Waals surface area (Å²) in [6, 6.07) is 4.09. The molecule has 1 aliphatic carbocycles. The van der Waals surface area contributed by atoms with Gasteiger partial charge in [0.05, 0.1) is 11.8 Å². The predicted molar refractivity (Wildman–Crippen MR) is 79.1 cm³/mol. The molecule has 0 unspecified atom stereocenters. The number of hydrogen-bond acceptors (Lipinski definition) is 3. The molecule has 1 saturated carbocycles. The molecule has 1 aromatic rings. The zero-order valence-corrected chi connectivity index (χ0v) is 12.5. The third-order valence-corrected chi connectivity index (χ3v) is 4.23. The molecule has 2 N–H and O–H groups in total. The smallest absolute Gasteiger partial charge is 0.307 e. The van der Waals surface area contributed by atoms with E-state index in [-0.39, 0.29) is 17.9 Å². The molecule has 0 saturated heterocycles. The van der Waals surface area contributed by atoms with Crippen LogP contribution in [0.1, 0.15) is 31.2 Å². The van der Waals surface area contributed by atoms with Crippen LogP contribution in [0, 0.1) is 11.2 Å². The Hall–Kier alpha value is -1.95. The van der Waals surface area contributed by atoms with Crippen molar-refractivity contribution in [2.45, 2.75) is 32.1 Å².